The Morgan fingerprint density at radius 1 is 1.05 bits per heavy atom. The Bertz CT molecular complexity index is 596. The topological polar surface area (TPSA) is 47.6 Å². The monoisotopic (exact) mass is 271 g/mol. The van der Waals surface area contributed by atoms with E-state index in [2.05, 4.69) is 5.32 Å². The summed E-state index contributed by atoms with van der Waals surface area (Å²) in [6.45, 7) is 0.567. The third-order valence-corrected chi connectivity index (χ3v) is 2.99. The first kappa shape index (κ1) is 13.9. The summed E-state index contributed by atoms with van der Waals surface area (Å²) in [4.78, 5) is 11.7. The molecule has 0 radical (unpaired) electrons. The summed E-state index contributed by atoms with van der Waals surface area (Å²) in [7, 11) is 3.01. The van der Waals surface area contributed by atoms with Gasteiger partial charge in [-0.3, -0.25) is 0 Å². The second-order valence-electron chi connectivity index (χ2n) is 4.20. The molecule has 0 amide bonds. The van der Waals surface area contributed by atoms with Crippen LogP contribution in [0.5, 0.6) is 5.75 Å². The Kier molecular flexibility index (Phi) is 4.60. The van der Waals surface area contributed by atoms with Crippen LogP contribution < -0.4 is 10.1 Å². The highest BCUT2D eigenvalue weighted by atomic mass is 16.5. The van der Waals surface area contributed by atoms with Gasteiger partial charge in [-0.25, -0.2) is 4.79 Å². The summed E-state index contributed by atoms with van der Waals surface area (Å²) >= 11 is 0. The molecule has 0 saturated carbocycles. The van der Waals surface area contributed by atoms with E-state index in [0.29, 0.717) is 12.1 Å². The lowest BCUT2D eigenvalue weighted by Gasteiger charge is -2.12. The molecule has 0 bridgehead atoms. The first-order valence-electron chi connectivity index (χ1n) is 6.29. The van der Waals surface area contributed by atoms with E-state index >= 15 is 0 Å². The molecule has 0 aliphatic carbocycles. The van der Waals surface area contributed by atoms with Crippen LogP contribution in [0.1, 0.15) is 15.9 Å². The van der Waals surface area contributed by atoms with Crippen molar-refractivity contribution in [2.24, 2.45) is 0 Å². The van der Waals surface area contributed by atoms with Crippen LogP contribution in [0.4, 0.5) is 5.69 Å². The Balaban J connectivity index is 2.17. The predicted octanol–water partition coefficient (Wildman–Crippen LogP) is 3.09. The average Bonchev–Trinajstić information content (AvgIpc) is 2.52. The van der Waals surface area contributed by atoms with Gasteiger partial charge in [0, 0.05) is 17.8 Å². The molecule has 0 aliphatic heterocycles. The second-order valence-corrected chi connectivity index (χ2v) is 4.20. The lowest BCUT2D eigenvalue weighted by atomic mass is 10.1. The van der Waals surface area contributed by atoms with Crippen LogP contribution in [0.25, 0.3) is 0 Å². The van der Waals surface area contributed by atoms with Gasteiger partial charge in [0.1, 0.15) is 5.75 Å². The molecule has 0 aromatic heterocycles. The van der Waals surface area contributed by atoms with Crippen molar-refractivity contribution in [3.63, 3.8) is 0 Å². The van der Waals surface area contributed by atoms with E-state index in [1.54, 1.807) is 19.2 Å². The highest BCUT2D eigenvalue weighted by Gasteiger charge is 2.11. The van der Waals surface area contributed by atoms with Crippen molar-refractivity contribution in [3.05, 3.63) is 59.7 Å². The number of benzene rings is 2. The number of para-hydroxylation sites is 2. The number of methoxy groups -OCH3 is 2. The van der Waals surface area contributed by atoms with E-state index in [1.165, 1.54) is 7.11 Å². The van der Waals surface area contributed by atoms with Gasteiger partial charge < -0.3 is 14.8 Å². The third kappa shape index (κ3) is 3.09. The Morgan fingerprint density at radius 3 is 2.50 bits per heavy atom. The van der Waals surface area contributed by atoms with E-state index in [9.17, 15) is 4.79 Å². The number of ether oxygens (including phenoxy) is 2. The Labute approximate surface area is 118 Å². The minimum atomic E-state index is -0.354. The molecule has 0 saturated heterocycles. The molecule has 1 N–H and O–H groups in total. The first-order valence-corrected chi connectivity index (χ1v) is 6.29. The van der Waals surface area contributed by atoms with Crippen LogP contribution in [-0.2, 0) is 11.3 Å². The summed E-state index contributed by atoms with van der Waals surface area (Å²) < 4.78 is 10.1. The van der Waals surface area contributed by atoms with E-state index in [1.807, 2.05) is 36.4 Å². The van der Waals surface area contributed by atoms with Crippen LogP contribution in [0.15, 0.2) is 48.5 Å². The maximum absolute atomic E-state index is 11.7. The molecule has 0 fully saturated rings. The van der Waals surface area contributed by atoms with Gasteiger partial charge in [0.05, 0.1) is 19.8 Å². The van der Waals surface area contributed by atoms with Gasteiger partial charge in [-0.1, -0.05) is 30.3 Å². The second kappa shape index (κ2) is 6.61. The molecule has 0 heterocycles. The smallest absolute Gasteiger partial charge is 0.339 e. The fourth-order valence-corrected chi connectivity index (χ4v) is 1.96. The number of esters is 1. The minimum Gasteiger partial charge on any atom is -0.496 e. The van der Waals surface area contributed by atoms with E-state index in [0.717, 1.165) is 17.0 Å². The number of hydrogen-bond donors (Lipinski definition) is 1. The summed E-state index contributed by atoms with van der Waals surface area (Å²) in [6.07, 6.45) is 0. The van der Waals surface area contributed by atoms with E-state index in [-0.39, 0.29) is 5.97 Å². The van der Waals surface area contributed by atoms with Crippen molar-refractivity contribution >= 4 is 11.7 Å². The van der Waals surface area contributed by atoms with Crippen molar-refractivity contribution in [1.82, 2.24) is 0 Å². The Hall–Kier alpha value is -2.49. The molecule has 2 aromatic carbocycles. The lowest BCUT2D eigenvalue weighted by Crippen LogP contribution is -2.08. The van der Waals surface area contributed by atoms with Gasteiger partial charge >= 0.3 is 5.97 Å². The molecule has 2 aromatic rings. The summed E-state index contributed by atoms with van der Waals surface area (Å²) in [5.41, 5.74) is 2.28. The highest BCUT2D eigenvalue weighted by molar-refractivity contribution is 5.95. The Morgan fingerprint density at radius 2 is 1.75 bits per heavy atom. The van der Waals surface area contributed by atoms with Crippen LogP contribution >= 0.6 is 0 Å². The molecule has 4 heteroatoms. The highest BCUT2D eigenvalue weighted by Crippen LogP contribution is 2.21. The fourth-order valence-electron chi connectivity index (χ4n) is 1.96. The van der Waals surface area contributed by atoms with Crippen molar-refractivity contribution in [3.8, 4) is 5.75 Å². The van der Waals surface area contributed by atoms with Crippen LogP contribution in [0.2, 0.25) is 0 Å². The predicted molar refractivity (Wildman–Crippen MR) is 78.1 cm³/mol. The molecule has 4 nitrogen and oxygen atoms in total. The molecule has 104 valence electrons. The third-order valence-electron chi connectivity index (χ3n) is 2.99. The maximum atomic E-state index is 11.7. The van der Waals surface area contributed by atoms with Gasteiger partial charge in [0.2, 0.25) is 0 Å². The number of nitrogens with one attached hydrogen (secondary N) is 1. The maximum Gasteiger partial charge on any atom is 0.339 e. The summed E-state index contributed by atoms with van der Waals surface area (Å²) in [5.74, 6) is 0.462. The van der Waals surface area contributed by atoms with Gasteiger partial charge in [0.25, 0.3) is 0 Å². The van der Waals surface area contributed by atoms with Crippen molar-refractivity contribution in [1.29, 1.82) is 0 Å². The number of anilines is 1. The van der Waals surface area contributed by atoms with Crippen LogP contribution in [0, 0.1) is 0 Å². The zero-order valence-electron chi connectivity index (χ0n) is 11.6. The minimum absolute atomic E-state index is 0.354. The summed E-state index contributed by atoms with van der Waals surface area (Å²) in [5, 5.41) is 3.24. The van der Waals surface area contributed by atoms with E-state index < -0.39 is 0 Å². The van der Waals surface area contributed by atoms with Gasteiger partial charge in [-0.05, 0) is 18.2 Å². The van der Waals surface area contributed by atoms with Gasteiger partial charge in [0.15, 0.2) is 0 Å². The quantitative estimate of drug-likeness (QED) is 0.849. The standard InChI is InChI=1S/C16H17NO3/c1-19-15-10-6-3-7-12(15)11-17-14-9-5-4-8-13(14)16(18)20-2/h3-10,17H,11H2,1-2H3. The zero-order valence-corrected chi connectivity index (χ0v) is 11.6. The number of carbonyl (C=O) groups excluding carboxylic acids is 1. The molecule has 0 aliphatic rings. The fraction of sp³-hybridized carbons (Fsp3) is 0.188. The molecule has 0 atom stereocenters. The number of hydrogen-bond acceptors (Lipinski definition) is 4. The number of rotatable bonds is 5. The molecular weight excluding hydrogens is 254 g/mol. The first-order chi connectivity index (χ1) is 9.76. The largest absolute Gasteiger partial charge is 0.496 e. The van der Waals surface area contributed by atoms with Gasteiger partial charge in [-0.15, -0.1) is 0 Å². The SMILES string of the molecule is COC(=O)c1ccccc1NCc1ccccc1OC. The van der Waals surface area contributed by atoms with Crippen molar-refractivity contribution in [2.45, 2.75) is 6.54 Å². The van der Waals surface area contributed by atoms with Crippen LogP contribution in [0.3, 0.4) is 0 Å². The zero-order chi connectivity index (χ0) is 14.4. The molecule has 0 unspecified atom stereocenters. The van der Waals surface area contributed by atoms with Crippen molar-refractivity contribution in [2.75, 3.05) is 19.5 Å². The number of carbonyl (C=O) groups is 1. The normalized spacial score (nSPS) is 9.90. The van der Waals surface area contributed by atoms with Gasteiger partial charge in [-0.2, -0.15) is 0 Å². The molecular formula is C16H17NO3. The summed E-state index contributed by atoms with van der Waals surface area (Å²) in [6, 6.07) is 15.0. The van der Waals surface area contributed by atoms with Crippen LogP contribution in [-0.4, -0.2) is 20.2 Å². The molecule has 0 spiro atoms. The van der Waals surface area contributed by atoms with E-state index in [4.69, 9.17) is 9.47 Å². The van der Waals surface area contributed by atoms with Crippen molar-refractivity contribution < 1.29 is 14.3 Å². The lowest BCUT2D eigenvalue weighted by molar-refractivity contribution is 0.0602. The average molecular weight is 271 g/mol. The molecule has 2 rings (SSSR count). The molecule has 20 heavy (non-hydrogen) atoms.